The van der Waals surface area contributed by atoms with Crippen molar-refractivity contribution in [3.63, 3.8) is 0 Å². The highest BCUT2D eigenvalue weighted by Crippen LogP contribution is 2.32. The van der Waals surface area contributed by atoms with E-state index in [-0.39, 0.29) is 24.0 Å². The molecule has 0 saturated heterocycles. The molecule has 7 heteroatoms. The van der Waals surface area contributed by atoms with E-state index < -0.39 is 11.7 Å². The molecule has 0 atom stereocenters. The van der Waals surface area contributed by atoms with Crippen LogP contribution in [0.5, 0.6) is 0 Å². The van der Waals surface area contributed by atoms with Gasteiger partial charge in [0.05, 0.1) is 5.56 Å². The molecule has 0 spiro atoms. The largest absolute Gasteiger partial charge is 0.416 e. The molecule has 4 nitrogen and oxygen atoms in total. The summed E-state index contributed by atoms with van der Waals surface area (Å²) in [6.45, 7) is 4.20. The molecule has 0 unspecified atom stereocenters. The van der Waals surface area contributed by atoms with E-state index in [1.54, 1.807) is 31.2 Å². The summed E-state index contributed by atoms with van der Waals surface area (Å²) in [6, 6.07) is 11.7. The Morgan fingerprint density at radius 3 is 2.45 bits per heavy atom. The number of amides is 2. The van der Waals surface area contributed by atoms with E-state index in [0.717, 1.165) is 24.1 Å². The molecule has 2 rings (SSSR count). The minimum atomic E-state index is -4.50. The van der Waals surface area contributed by atoms with Crippen LogP contribution in [-0.4, -0.2) is 24.9 Å². The zero-order valence-electron chi connectivity index (χ0n) is 16.6. The van der Waals surface area contributed by atoms with Gasteiger partial charge >= 0.3 is 6.18 Å². The fourth-order valence-corrected chi connectivity index (χ4v) is 2.94. The van der Waals surface area contributed by atoms with Crippen LogP contribution in [0.4, 0.5) is 18.9 Å². The van der Waals surface area contributed by atoms with E-state index >= 15 is 0 Å². The van der Waals surface area contributed by atoms with Crippen LogP contribution in [0.25, 0.3) is 0 Å². The van der Waals surface area contributed by atoms with Gasteiger partial charge in [-0.3, -0.25) is 9.59 Å². The quantitative estimate of drug-likeness (QED) is 0.630. The maximum absolute atomic E-state index is 13.1. The van der Waals surface area contributed by atoms with Gasteiger partial charge in [0.15, 0.2) is 0 Å². The van der Waals surface area contributed by atoms with Gasteiger partial charge < -0.3 is 10.2 Å². The number of halogens is 3. The topological polar surface area (TPSA) is 49.4 Å². The van der Waals surface area contributed by atoms with Crippen molar-refractivity contribution in [2.45, 2.75) is 39.3 Å². The van der Waals surface area contributed by atoms with Crippen LogP contribution in [0.3, 0.4) is 0 Å². The Bertz CT molecular complexity index is 850. The fourth-order valence-electron chi connectivity index (χ4n) is 2.94. The average Bonchev–Trinajstić information content (AvgIpc) is 2.67. The highest BCUT2D eigenvalue weighted by molar-refractivity contribution is 6.07. The molecule has 2 amide bonds. The first-order valence-electron chi connectivity index (χ1n) is 9.55. The number of hydrogen-bond acceptors (Lipinski definition) is 2. The van der Waals surface area contributed by atoms with Gasteiger partial charge in [-0.2, -0.15) is 13.2 Å². The first-order valence-corrected chi connectivity index (χ1v) is 9.55. The summed E-state index contributed by atoms with van der Waals surface area (Å²) in [5, 5.41) is 2.76. The number of rotatable bonds is 8. The zero-order chi connectivity index (χ0) is 21.4. The predicted octanol–water partition coefficient (Wildman–Crippen LogP) is 4.97. The Morgan fingerprint density at radius 1 is 1.07 bits per heavy atom. The van der Waals surface area contributed by atoms with Crippen molar-refractivity contribution < 1.29 is 22.8 Å². The van der Waals surface area contributed by atoms with Crippen LogP contribution in [0, 0.1) is 6.92 Å². The van der Waals surface area contributed by atoms with Gasteiger partial charge in [-0.25, -0.2) is 0 Å². The third kappa shape index (κ3) is 6.34. The Morgan fingerprint density at radius 2 is 1.79 bits per heavy atom. The number of nitrogens with one attached hydrogen (secondary N) is 1. The third-order valence-electron chi connectivity index (χ3n) is 4.46. The molecule has 0 saturated carbocycles. The van der Waals surface area contributed by atoms with Crippen molar-refractivity contribution in [3.8, 4) is 0 Å². The normalized spacial score (nSPS) is 11.2. The lowest BCUT2D eigenvalue weighted by atomic mass is 10.1. The van der Waals surface area contributed by atoms with Gasteiger partial charge in [-0.15, -0.1) is 0 Å². The van der Waals surface area contributed by atoms with Gasteiger partial charge in [0.25, 0.3) is 5.91 Å². The molecule has 0 heterocycles. The third-order valence-corrected chi connectivity index (χ3v) is 4.46. The van der Waals surface area contributed by atoms with Crippen molar-refractivity contribution in [2.75, 3.05) is 18.0 Å². The van der Waals surface area contributed by atoms with Gasteiger partial charge in [-0.1, -0.05) is 31.2 Å². The summed E-state index contributed by atoms with van der Waals surface area (Å²) in [5.41, 5.74) is 0.535. The number of hydrogen-bond donors (Lipinski definition) is 1. The first kappa shape index (κ1) is 22.5. The van der Waals surface area contributed by atoms with Gasteiger partial charge in [0, 0.05) is 30.8 Å². The second kappa shape index (κ2) is 10.1. The number of anilines is 1. The average molecular weight is 406 g/mol. The van der Waals surface area contributed by atoms with E-state index in [2.05, 4.69) is 5.32 Å². The van der Waals surface area contributed by atoms with Crippen LogP contribution in [-0.2, 0) is 11.0 Å². The van der Waals surface area contributed by atoms with Gasteiger partial charge in [0.1, 0.15) is 0 Å². The lowest BCUT2D eigenvalue weighted by Gasteiger charge is -2.25. The minimum Gasteiger partial charge on any atom is -0.356 e. The monoisotopic (exact) mass is 406 g/mol. The summed E-state index contributed by atoms with van der Waals surface area (Å²) in [4.78, 5) is 26.0. The molecule has 1 N–H and O–H groups in total. The lowest BCUT2D eigenvalue weighted by molar-refractivity contribution is -0.137. The summed E-state index contributed by atoms with van der Waals surface area (Å²) in [5.74, 6) is -0.453. The Balaban J connectivity index is 2.25. The molecule has 0 bridgehead atoms. The number of carbonyl (C=O) groups is 2. The number of benzene rings is 2. The van der Waals surface area contributed by atoms with Gasteiger partial charge in [-0.05, 0) is 49.6 Å². The summed E-state index contributed by atoms with van der Waals surface area (Å²) in [6.07, 6.45) is -2.93. The van der Waals surface area contributed by atoms with Crippen LogP contribution in [0.2, 0.25) is 0 Å². The Hall–Kier alpha value is -2.83. The molecule has 0 aliphatic heterocycles. The van der Waals surface area contributed by atoms with Crippen molar-refractivity contribution in [1.82, 2.24) is 5.32 Å². The van der Waals surface area contributed by atoms with Crippen molar-refractivity contribution in [3.05, 3.63) is 65.2 Å². The number of aryl methyl sites for hydroxylation is 1. The molecular formula is C22H25F3N2O2. The minimum absolute atomic E-state index is 0.0802. The molecule has 0 fully saturated rings. The Labute approximate surface area is 168 Å². The van der Waals surface area contributed by atoms with Crippen molar-refractivity contribution in [1.29, 1.82) is 0 Å². The smallest absolute Gasteiger partial charge is 0.356 e. The van der Waals surface area contributed by atoms with E-state index in [1.165, 1.54) is 17.0 Å². The number of alkyl halides is 3. The summed E-state index contributed by atoms with van der Waals surface area (Å²) in [7, 11) is 0. The van der Waals surface area contributed by atoms with Crippen LogP contribution < -0.4 is 10.2 Å². The summed E-state index contributed by atoms with van der Waals surface area (Å²) >= 11 is 0. The number of carbonyl (C=O) groups excluding carboxylic acids is 2. The molecule has 156 valence electrons. The second-order valence-electron chi connectivity index (χ2n) is 6.77. The second-order valence-corrected chi connectivity index (χ2v) is 6.77. The molecule has 2 aromatic rings. The summed E-state index contributed by atoms with van der Waals surface area (Å²) < 4.78 is 39.4. The van der Waals surface area contributed by atoms with Gasteiger partial charge in [0.2, 0.25) is 5.91 Å². The highest BCUT2D eigenvalue weighted by atomic mass is 19.4. The van der Waals surface area contributed by atoms with Crippen molar-refractivity contribution >= 4 is 17.5 Å². The number of nitrogens with zero attached hydrogens (tertiary/aromatic N) is 1. The standard InChI is InChI=1S/C22H25F3N2O2/c1-3-8-20(28)26-13-7-14-27(21(29)19-12-5-4-9-16(19)2)18-11-6-10-17(15-18)22(23,24)25/h4-6,9-12,15H,3,7-8,13-14H2,1-2H3,(H,26,28). The van der Waals surface area contributed by atoms with Crippen LogP contribution >= 0.6 is 0 Å². The molecule has 0 aromatic heterocycles. The predicted molar refractivity (Wildman–Crippen MR) is 107 cm³/mol. The van der Waals surface area contributed by atoms with E-state index in [1.807, 2.05) is 6.92 Å². The highest BCUT2D eigenvalue weighted by Gasteiger charge is 2.31. The molecule has 0 aliphatic carbocycles. The molecule has 29 heavy (non-hydrogen) atoms. The molecule has 0 radical (unpaired) electrons. The fraction of sp³-hybridized carbons (Fsp3) is 0.364. The van der Waals surface area contributed by atoms with E-state index in [0.29, 0.717) is 24.9 Å². The molecule has 0 aliphatic rings. The van der Waals surface area contributed by atoms with Crippen LogP contribution in [0.1, 0.15) is 47.7 Å². The maximum Gasteiger partial charge on any atom is 0.416 e. The van der Waals surface area contributed by atoms with Crippen molar-refractivity contribution in [2.24, 2.45) is 0 Å². The molecular weight excluding hydrogens is 381 g/mol. The van der Waals surface area contributed by atoms with Crippen LogP contribution in [0.15, 0.2) is 48.5 Å². The Kier molecular flexibility index (Phi) is 7.82. The lowest BCUT2D eigenvalue weighted by Crippen LogP contribution is -2.35. The maximum atomic E-state index is 13.1. The zero-order valence-corrected chi connectivity index (χ0v) is 16.6. The van der Waals surface area contributed by atoms with E-state index in [9.17, 15) is 22.8 Å². The SMILES string of the molecule is CCCC(=O)NCCCN(C(=O)c1ccccc1C)c1cccc(C(F)(F)F)c1. The first-order chi connectivity index (χ1) is 13.7. The molecule has 2 aromatic carbocycles. The van der Waals surface area contributed by atoms with E-state index in [4.69, 9.17) is 0 Å².